The average Bonchev–Trinajstić information content (AvgIpc) is 2.36. The fraction of sp³-hybridized carbons (Fsp3) is 0.429. The zero-order chi connectivity index (χ0) is 8.27. The monoisotopic (exact) mass is 236 g/mol. The van der Waals surface area contributed by atoms with Crippen LogP contribution in [0.3, 0.4) is 0 Å². The highest BCUT2D eigenvalue weighted by Crippen LogP contribution is 2.26. The largest absolute Gasteiger partial charge is 0.396 e. The van der Waals surface area contributed by atoms with E-state index in [9.17, 15) is 5.11 Å². The highest BCUT2D eigenvalue weighted by Gasteiger charge is 2.08. The third kappa shape index (κ3) is 2.56. The molecule has 0 fully saturated rings. The van der Waals surface area contributed by atoms with Crippen LogP contribution in [0.15, 0.2) is 15.9 Å². The number of hydrogen-bond donors (Lipinski definition) is 2. The van der Waals surface area contributed by atoms with E-state index in [4.69, 9.17) is 5.11 Å². The first-order chi connectivity index (χ1) is 5.24. The molecular weight excluding hydrogens is 228 g/mol. The van der Waals surface area contributed by atoms with Gasteiger partial charge in [0, 0.05) is 27.8 Å². The second kappa shape index (κ2) is 4.21. The minimum absolute atomic E-state index is 0.0245. The van der Waals surface area contributed by atoms with E-state index in [1.165, 1.54) is 11.3 Å². The first kappa shape index (κ1) is 9.19. The lowest BCUT2D eigenvalue weighted by Crippen LogP contribution is -1.96. The van der Waals surface area contributed by atoms with E-state index < -0.39 is 6.10 Å². The number of thiophene rings is 1. The van der Waals surface area contributed by atoms with Gasteiger partial charge in [-0.3, -0.25) is 0 Å². The van der Waals surface area contributed by atoms with Gasteiger partial charge in [0.1, 0.15) is 0 Å². The minimum Gasteiger partial charge on any atom is -0.396 e. The molecule has 1 atom stereocenters. The van der Waals surface area contributed by atoms with Crippen LogP contribution in [0.5, 0.6) is 0 Å². The van der Waals surface area contributed by atoms with E-state index in [0.717, 1.165) is 9.35 Å². The van der Waals surface area contributed by atoms with Crippen LogP contribution in [0.1, 0.15) is 17.4 Å². The summed E-state index contributed by atoms with van der Waals surface area (Å²) in [4.78, 5) is 0.894. The maximum atomic E-state index is 9.36. The molecule has 0 saturated carbocycles. The normalized spacial score (nSPS) is 13.4. The maximum absolute atomic E-state index is 9.36. The Morgan fingerprint density at radius 3 is 2.82 bits per heavy atom. The third-order valence-corrected chi connectivity index (χ3v) is 3.11. The molecule has 2 N–H and O–H groups in total. The van der Waals surface area contributed by atoms with Gasteiger partial charge >= 0.3 is 0 Å². The Balaban J connectivity index is 2.60. The summed E-state index contributed by atoms with van der Waals surface area (Å²) in [6.07, 6.45) is -0.108. The molecule has 1 unspecified atom stereocenters. The van der Waals surface area contributed by atoms with E-state index in [0.29, 0.717) is 6.42 Å². The van der Waals surface area contributed by atoms with Crippen LogP contribution >= 0.6 is 27.3 Å². The van der Waals surface area contributed by atoms with Crippen molar-refractivity contribution in [3.63, 3.8) is 0 Å². The lowest BCUT2D eigenvalue weighted by Gasteiger charge is -2.03. The predicted octanol–water partition coefficient (Wildman–Crippen LogP) is 1.93. The summed E-state index contributed by atoms with van der Waals surface area (Å²) in [7, 11) is 0. The number of halogens is 1. The molecule has 1 rings (SSSR count). The first-order valence-electron chi connectivity index (χ1n) is 3.27. The molecule has 1 aromatic heterocycles. The summed E-state index contributed by atoms with van der Waals surface area (Å²) >= 11 is 4.78. The summed E-state index contributed by atoms with van der Waals surface area (Å²) in [5, 5.41) is 19.8. The van der Waals surface area contributed by atoms with Crippen LogP contribution in [0.4, 0.5) is 0 Å². The zero-order valence-corrected chi connectivity index (χ0v) is 8.23. The molecule has 0 saturated heterocycles. The third-order valence-electron chi connectivity index (χ3n) is 1.32. The van der Waals surface area contributed by atoms with Crippen LogP contribution in [0, 0.1) is 0 Å². The van der Waals surface area contributed by atoms with Gasteiger partial charge in [0.15, 0.2) is 0 Å². The van der Waals surface area contributed by atoms with Crippen molar-refractivity contribution in [1.29, 1.82) is 0 Å². The minimum atomic E-state index is -0.517. The molecular formula is C7H9BrO2S. The zero-order valence-electron chi connectivity index (χ0n) is 5.83. The Hall–Kier alpha value is 0.1000. The summed E-state index contributed by atoms with van der Waals surface area (Å²) in [5.74, 6) is 0. The van der Waals surface area contributed by atoms with Gasteiger partial charge in [-0.1, -0.05) is 0 Å². The van der Waals surface area contributed by atoms with E-state index in [2.05, 4.69) is 15.9 Å². The van der Waals surface area contributed by atoms with E-state index >= 15 is 0 Å². The Morgan fingerprint density at radius 1 is 1.64 bits per heavy atom. The number of aliphatic hydroxyl groups excluding tert-OH is 2. The van der Waals surface area contributed by atoms with Crippen LogP contribution in [-0.2, 0) is 0 Å². The fourth-order valence-corrected chi connectivity index (χ4v) is 2.23. The van der Waals surface area contributed by atoms with Crippen molar-refractivity contribution in [2.24, 2.45) is 0 Å². The van der Waals surface area contributed by atoms with Gasteiger partial charge in [0.2, 0.25) is 0 Å². The standard InChI is InChI=1S/C7H9BrO2S/c8-5-3-7(11-4-5)6(10)1-2-9/h3-4,6,9-10H,1-2H2. The van der Waals surface area contributed by atoms with Gasteiger partial charge in [0.25, 0.3) is 0 Å². The molecule has 0 aliphatic carbocycles. The Kier molecular flexibility index (Phi) is 3.51. The van der Waals surface area contributed by atoms with Crippen LogP contribution in [-0.4, -0.2) is 16.8 Å². The lowest BCUT2D eigenvalue weighted by atomic mass is 10.2. The SMILES string of the molecule is OCCC(O)c1cc(Br)cs1. The van der Waals surface area contributed by atoms with Gasteiger partial charge in [-0.15, -0.1) is 11.3 Å². The molecule has 0 radical (unpaired) electrons. The van der Waals surface area contributed by atoms with Crippen LogP contribution in [0.25, 0.3) is 0 Å². The number of rotatable bonds is 3. The highest BCUT2D eigenvalue weighted by molar-refractivity contribution is 9.10. The molecule has 62 valence electrons. The van der Waals surface area contributed by atoms with Gasteiger partial charge in [-0.05, 0) is 22.0 Å². The van der Waals surface area contributed by atoms with Crippen molar-refractivity contribution in [2.75, 3.05) is 6.61 Å². The Morgan fingerprint density at radius 2 is 2.36 bits per heavy atom. The molecule has 1 heterocycles. The van der Waals surface area contributed by atoms with Crippen molar-refractivity contribution in [3.8, 4) is 0 Å². The molecule has 0 bridgehead atoms. The second-order valence-electron chi connectivity index (χ2n) is 2.20. The van der Waals surface area contributed by atoms with E-state index in [-0.39, 0.29) is 6.61 Å². The quantitative estimate of drug-likeness (QED) is 0.843. The average molecular weight is 237 g/mol. The molecule has 0 aliphatic rings. The second-order valence-corrected chi connectivity index (χ2v) is 4.05. The van der Waals surface area contributed by atoms with Crippen LogP contribution in [0.2, 0.25) is 0 Å². The van der Waals surface area contributed by atoms with Gasteiger partial charge in [-0.2, -0.15) is 0 Å². The van der Waals surface area contributed by atoms with Crippen molar-refractivity contribution in [2.45, 2.75) is 12.5 Å². The molecule has 11 heavy (non-hydrogen) atoms. The maximum Gasteiger partial charge on any atom is 0.0904 e. The summed E-state index contributed by atoms with van der Waals surface area (Å²) in [6.45, 7) is 0.0245. The molecule has 0 aromatic carbocycles. The number of hydrogen-bond acceptors (Lipinski definition) is 3. The topological polar surface area (TPSA) is 40.5 Å². The molecule has 0 amide bonds. The van der Waals surface area contributed by atoms with Gasteiger partial charge in [-0.25, -0.2) is 0 Å². The van der Waals surface area contributed by atoms with Crippen molar-refractivity contribution in [3.05, 3.63) is 20.8 Å². The highest BCUT2D eigenvalue weighted by atomic mass is 79.9. The predicted molar refractivity (Wildman–Crippen MR) is 48.7 cm³/mol. The molecule has 0 spiro atoms. The summed E-state index contributed by atoms with van der Waals surface area (Å²) in [6, 6.07) is 1.87. The number of aliphatic hydroxyl groups is 2. The van der Waals surface area contributed by atoms with E-state index in [1.807, 2.05) is 11.4 Å². The molecule has 2 nitrogen and oxygen atoms in total. The van der Waals surface area contributed by atoms with Gasteiger partial charge in [0.05, 0.1) is 6.10 Å². The van der Waals surface area contributed by atoms with Crippen molar-refractivity contribution < 1.29 is 10.2 Å². The van der Waals surface area contributed by atoms with Crippen molar-refractivity contribution >= 4 is 27.3 Å². The Labute approximate surface area is 77.6 Å². The fourth-order valence-electron chi connectivity index (χ4n) is 0.768. The summed E-state index contributed by atoms with van der Waals surface area (Å²) in [5.41, 5.74) is 0. The molecule has 4 heteroatoms. The molecule has 1 aromatic rings. The Bertz CT molecular complexity index is 224. The summed E-state index contributed by atoms with van der Waals surface area (Å²) < 4.78 is 0.981. The first-order valence-corrected chi connectivity index (χ1v) is 4.94. The van der Waals surface area contributed by atoms with Crippen LogP contribution < -0.4 is 0 Å². The van der Waals surface area contributed by atoms with E-state index in [1.54, 1.807) is 0 Å². The van der Waals surface area contributed by atoms with Crippen molar-refractivity contribution in [1.82, 2.24) is 0 Å². The smallest absolute Gasteiger partial charge is 0.0904 e. The van der Waals surface area contributed by atoms with Gasteiger partial charge < -0.3 is 10.2 Å². The lowest BCUT2D eigenvalue weighted by molar-refractivity contribution is 0.137. The molecule has 0 aliphatic heterocycles.